The number of imide groups is 1. The third-order valence-corrected chi connectivity index (χ3v) is 7.62. The number of hydrazone groups is 1. The Labute approximate surface area is 216 Å². The number of nitrogens with zero attached hydrogens (tertiary/aromatic N) is 3. The third kappa shape index (κ3) is 3.27. The highest BCUT2D eigenvalue weighted by atomic mass is 35.5. The Morgan fingerprint density at radius 2 is 1.67 bits per heavy atom. The van der Waals surface area contributed by atoms with Crippen LogP contribution in [0.1, 0.15) is 27.5 Å². The van der Waals surface area contributed by atoms with E-state index >= 15 is 0 Å². The van der Waals surface area contributed by atoms with Crippen molar-refractivity contribution >= 4 is 52.7 Å². The van der Waals surface area contributed by atoms with Crippen molar-refractivity contribution in [1.29, 1.82) is 0 Å². The summed E-state index contributed by atoms with van der Waals surface area (Å²) in [6, 6.07) is 17.3. The van der Waals surface area contributed by atoms with E-state index in [0.29, 0.717) is 16.3 Å². The van der Waals surface area contributed by atoms with Crippen molar-refractivity contribution in [2.75, 3.05) is 12.0 Å². The van der Waals surface area contributed by atoms with E-state index in [1.165, 1.54) is 6.07 Å². The number of anilines is 1. The predicted molar refractivity (Wildman–Crippen MR) is 136 cm³/mol. The molecule has 180 valence electrons. The molecular formula is C27H19Cl2N3O4. The maximum atomic E-state index is 13.9. The van der Waals surface area contributed by atoms with E-state index in [1.807, 2.05) is 24.3 Å². The molecule has 3 aromatic rings. The maximum Gasteiger partial charge on any atom is 0.240 e. The second kappa shape index (κ2) is 8.47. The second-order valence-corrected chi connectivity index (χ2v) is 9.74. The molecule has 3 aliphatic rings. The van der Waals surface area contributed by atoms with Crippen LogP contribution in [-0.4, -0.2) is 42.0 Å². The topological polar surface area (TPSA) is 79.3 Å². The maximum absolute atomic E-state index is 13.9. The molecule has 3 heterocycles. The molecule has 0 N–H and O–H groups in total. The summed E-state index contributed by atoms with van der Waals surface area (Å²) < 4.78 is 5.21. The fraction of sp³-hybridized carbons (Fsp3) is 0.185. The van der Waals surface area contributed by atoms with Gasteiger partial charge in [0.2, 0.25) is 11.8 Å². The summed E-state index contributed by atoms with van der Waals surface area (Å²) in [5, 5.41) is 6.76. The van der Waals surface area contributed by atoms with Crippen molar-refractivity contribution in [3.8, 4) is 5.75 Å². The summed E-state index contributed by atoms with van der Waals surface area (Å²) in [6.07, 6.45) is 1.67. The number of ketones is 1. The zero-order valence-electron chi connectivity index (χ0n) is 19.0. The van der Waals surface area contributed by atoms with Crippen LogP contribution in [0.2, 0.25) is 10.0 Å². The van der Waals surface area contributed by atoms with Crippen LogP contribution in [0, 0.1) is 11.8 Å². The van der Waals surface area contributed by atoms with E-state index < -0.39 is 35.7 Å². The second-order valence-electron chi connectivity index (χ2n) is 8.90. The number of carbonyl (C=O) groups excluding carboxylic acids is 3. The first-order chi connectivity index (χ1) is 17.4. The molecule has 0 spiro atoms. The first-order valence-electron chi connectivity index (χ1n) is 11.3. The predicted octanol–water partition coefficient (Wildman–Crippen LogP) is 4.76. The van der Waals surface area contributed by atoms with Crippen molar-refractivity contribution in [1.82, 2.24) is 5.01 Å². The quantitative estimate of drug-likeness (QED) is 0.366. The molecule has 9 heteroatoms. The van der Waals surface area contributed by atoms with Crippen molar-refractivity contribution in [3.05, 3.63) is 93.5 Å². The van der Waals surface area contributed by atoms with Crippen molar-refractivity contribution in [2.45, 2.75) is 12.1 Å². The Hall–Kier alpha value is -3.68. The van der Waals surface area contributed by atoms with Crippen LogP contribution in [0.3, 0.4) is 0 Å². The molecule has 4 atom stereocenters. The lowest BCUT2D eigenvalue weighted by atomic mass is 9.83. The van der Waals surface area contributed by atoms with Crippen LogP contribution in [0.15, 0.2) is 71.8 Å². The zero-order valence-corrected chi connectivity index (χ0v) is 20.5. The molecule has 7 nitrogen and oxygen atoms in total. The van der Waals surface area contributed by atoms with Crippen LogP contribution in [0.5, 0.6) is 5.75 Å². The SMILES string of the molecule is COc1ccc(C(=O)[C@@H]2[C@@H]3C(=O)N(c4ccc(Cl)cc4Cl)C(=O)[C@@H]3C3c4ccccc4C=NN32)cc1. The van der Waals surface area contributed by atoms with Gasteiger partial charge in [-0.15, -0.1) is 0 Å². The molecule has 2 fully saturated rings. The van der Waals surface area contributed by atoms with E-state index in [9.17, 15) is 14.4 Å². The van der Waals surface area contributed by atoms with Gasteiger partial charge in [0, 0.05) is 10.6 Å². The van der Waals surface area contributed by atoms with Crippen molar-refractivity contribution in [3.63, 3.8) is 0 Å². The smallest absolute Gasteiger partial charge is 0.240 e. The number of rotatable bonds is 4. The number of hydrogen-bond acceptors (Lipinski definition) is 6. The number of ether oxygens (including phenoxy) is 1. The highest BCUT2D eigenvalue weighted by Crippen LogP contribution is 2.53. The number of carbonyl (C=O) groups is 3. The summed E-state index contributed by atoms with van der Waals surface area (Å²) in [4.78, 5) is 42.8. The monoisotopic (exact) mass is 519 g/mol. The van der Waals surface area contributed by atoms with Gasteiger partial charge in [-0.3, -0.25) is 19.4 Å². The lowest BCUT2D eigenvalue weighted by Crippen LogP contribution is -2.44. The molecular weight excluding hydrogens is 501 g/mol. The van der Waals surface area contributed by atoms with Gasteiger partial charge in [0.25, 0.3) is 0 Å². The van der Waals surface area contributed by atoms with Gasteiger partial charge in [0.05, 0.1) is 41.9 Å². The van der Waals surface area contributed by atoms with Gasteiger partial charge in [0.15, 0.2) is 5.78 Å². The minimum atomic E-state index is -0.967. The van der Waals surface area contributed by atoms with Crippen LogP contribution < -0.4 is 9.64 Å². The highest BCUT2D eigenvalue weighted by Gasteiger charge is 2.65. The normalized spacial score (nSPS) is 24.0. The lowest BCUT2D eigenvalue weighted by molar-refractivity contribution is -0.124. The molecule has 36 heavy (non-hydrogen) atoms. The number of Topliss-reactive ketones (excluding diaryl/α,β-unsaturated/α-hetero) is 1. The van der Waals surface area contributed by atoms with Gasteiger partial charge in [0.1, 0.15) is 11.8 Å². The Kier molecular flexibility index (Phi) is 5.35. The fourth-order valence-corrected chi connectivity index (χ4v) is 5.99. The highest BCUT2D eigenvalue weighted by molar-refractivity contribution is 6.38. The van der Waals surface area contributed by atoms with E-state index in [-0.39, 0.29) is 16.5 Å². The summed E-state index contributed by atoms with van der Waals surface area (Å²) >= 11 is 12.4. The Morgan fingerprint density at radius 3 is 2.39 bits per heavy atom. The Morgan fingerprint density at radius 1 is 0.944 bits per heavy atom. The van der Waals surface area contributed by atoms with Gasteiger partial charge >= 0.3 is 0 Å². The van der Waals surface area contributed by atoms with E-state index in [1.54, 1.807) is 54.7 Å². The van der Waals surface area contributed by atoms with E-state index in [2.05, 4.69) is 5.10 Å². The molecule has 3 aromatic carbocycles. The Balaban J connectivity index is 1.49. The molecule has 0 saturated carbocycles. The first-order valence-corrected chi connectivity index (χ1v) is 12.1. The minimum Gasteiger partial charge on any atom is -0.497 e. The van der Waals surface area contributed by atoms with Gasteiger partial charge in [-0.05, 0) is 53.6 Å². The third-order valence-electron chi connectivity index (χ3n) is 7.09. The minimum absolute atomic E-state index is 0.182. The standard InChI is InChI=1S/C27H19Cl2N3O4/c1-36-17-9-6-14(7-10-17)25(33)24-22-21(23-18-5-3-2-4-15(18)13-30-32(23)24)26(34)31(27(22)35)20-11-8-16(28)12-19(20)29/h2-13,21-24H,1H3/t21-,22+,23?,24-/m0/s1. The number of amides is 2. The number of halogens is 2. The number of methoxy groups -OCH3 is 1. The van der Waals surface area contributed by atoms with Gasteiger partial charge < -0.3 is 4.74 Å². The molecule has 0 radical (unpaired) electrons. The summed E-state index contributed by atoms with van der Waals surface area (Å²) in [5.74, 6) is -2.34. The molecule has 0 bridgehead atoms. The summed E-state index contributed by atoms with van der Waals surface area (Å²) in [5.41, 5.74) is 2.34. The van der Waals surface area contributed by atoms with Gasteiger partial charge in [-0.25, -0.2) is 4.90 Å². The molecule has 2 saturated heterocycles. The lowest BCUT2D eigenvalue weighted by Gasteiger charge is -2.33. The van der Waals surface area contributed by atoms with Crippen molar-refractivity contribution in [2.24, 2.45) is 16.9 Å². The number of hydrogen-bond donors (Lipinski definition) is 0. The first kappa shape index (κ1) is 22.8. The molecule has 0 aliphatic carbocycles. The zero-order chi connectivity index (χ0) is 25.1. The molecule has 6 rings (SSSR count). The number of fused-ring (bicyclic) bond motifs is 5. The van der Waals surface area contributed by atoms with Gasteiger partial charge in [-0.2, -0.15) is 5.10 Å². The van der Waals surface area contributed by atoms with Crippen LogP contribution in [0.4, 0.5) is 5.69 Å². The molecule has 0 aromatic heterocycles. The largest absolute Gasteiger partial charge is 0.497 e. The number of benzene rings is 3. The van der Waals surface area contributed by atoms with Crippen LogP contribution in [-0.2, 0) is 9.59 Å². The average molecular weight is 520 g/mol. The van der Waals surface area contributed by atoms with Crippen LogP contribution >= 0.6 is 23.2 Å². The average Bonchev–Trinajstić information content (AvgIpc) is 3.36. The summed E-state index contributed by atoms with van der Waals surface area (Å²) in [6.45, 7) is 0. The molecule has 3 aliphatic heterocycles. The molecule has 2 amide bonds. The summed E-state index contributed by atoms with van der Waals surface area (Å²) in [7, 11) is 1.54. The van der Waals surface area contributed by atoms with Crippen molar-refractivity contribution < 1.29 is 19.1 Å². The Bertz CT molecular complexity index is 1460. The molecule has 1 unspecified atom stereocenters. The van der Waals surface area contributed by atoms with E-state index in [4.69, 9.17) is 27.9 Å². The fourth-order valence-electron chi connectivity index (χ4n) is 5.49. The van der Waals surface area contributed by atoms with E-state index in [0.717, 1.165) is 16.0 Å². The van der Waals surface area contributed by atoms with Crippen LogP contribution in [0.25, 0.3) is 0 Å². The van der Waals surface area contributed by atoms with Gasteiger partial charge in [-0.1, -0.05) is 47.5 Å².